The summed E-state index contributed by atoms with van der Waals surface area (Å²) in [5, 5.41) is 8.77. The minimum atomic E-state index is 0.116. The van der Waals surface area contributed by atoms with Crippen LogP contribution in [-0.4, -0.2) is 53.6 Å². The van der Waals surface area contributed by atoms with Crippen LogP contribution in [0.1, 0.15) is 18.5 Å². The van der Waals surface area contributed by atoms with Crippen molar-refractivity contribution >= 4 is 11.6 Å². The van der Waals surface area contributed by atoms with E-state index in [4.69, 9.17) is 16.3 Å². The summed E-state index contributed by atoms with van der Waals surface area (Å²) < 4.78 is 8.02. The molecule has 0 unspecified atom stereocenters. The fourth-order valence-electron chi connectivity index (χ4n) is 3.15. The maximum atomic E-state index is 6.07. The molecule has 130 valence electrons. The molecule has 3 atom stereocenters. The van der Waals surface area contributed by atoms with E-state index in [0.717, 1.165) is 31.3 Å². The molecule has 1 N–H and O–H groups in total. The number of likely N-dealkylation sites (N-methyl/N-ethyl adjacent to an activating group) is 1. The van der Waals surface area contributed by atoms with E-state index in [1.807, 2.05) is 35.3 Å². The number of nitrogens with one attached hydrogen (secondary N) is 1. The summed E-state index contributed by atoms with van der Waals surface area (Å²) in [5.74, 6) is 0. The molecular weight excluding hydrogens is 324 g/mol. The van der Waals surface area contributed by atoms with Gasteiger partial charge < -0.3 is 15.0 Å². The fourth-order valence-corrected chi connectivity index (χ4v) is 3.28. The predicted octanol–water partition coefficient (Wildman–Crippen LogP) is 2.59. The average molecular weight is 349 g/mol. The zero-order valence-corrected chi connectivity index (χ0v) is 15.0. The van der Waals surface area contributed by atoms with Crippen LogP contribution in [0.5, 0.6) is 0 Å². The Hall–Kier alpha value is -1.40. The van der Waals surface area contributed by atoms with Crippen LogP contribution < -0.4 is 5.32 Å². The second kappa shape index (κ2) is 8.12. The lowest BCUT2D eigenvalue weighted by atomic mass is 9.99. The molecule has 0 spiro atoms. The quantitative estimate of drug-likeness (QED) is 0.871. The highest BCUT2D eigenvalue weighted by atomic mass is 35.5. The SMILES string of the molecule is C[C@H](Cn1cccn1)N[C@H](c1ccc(Cl)cc1)[C@@H]1CN(C)CCO1. The zero-order chi connectivity index (χ0) is 16.9. The highest BCUT2D eigenvalue weighted by Crippen LogP contribution is 2.24. The monoisotopic (exact) mass is 348 g/mol. The van der Waals surface area contributed by atoms with E-state index >= 15 is 0 Å². The second-order valence-electron chi connectivity index (χ2n) is 6.50. The molecule has 1 aliphatic rings. The van der Waals surface area contributed by atoms with Gasteiger partial charge in [0, 0.05) is 36.5 Å². The number of nitrogens with zero attached hydrogens (tertiary/aromatic N) is 3. The third-order valence-corrected chi connectivity index (χ3v) is 4.63. The van der Waals surface area contributed by atoms with Crippen LogP contribution in [0.15, 0.2) is 42.7 Å². The molecule has 0 bridgehead atoms. The van der Waals surface area contributed by atoms with Crippen molar-refractivity contribution in [1.82, 2.24) is 20.0 Å². The normalized spacial score (nSPS) is 21.5. The van der Waals surface area contributed by atoms with Crippen molar-refractivity contribution in [2.24, 2.45) is 0 Å². The molecule has 24 heavy (non-hydrogen) atoms. The Labute approximate surface area is 148 Å². The third kappa shape index (κ3) is 4.57. The van der Waals surface area contributed by atoms with E-state index < -0.39 is 0 Å². The van der Waals surface area contributed by atoms with E-state index in [1.54, 1.807) is 0 Å². The first-order valence-corrected chi connectivity index (χ1v) is 8.78. The smallest absolute Gasteiger partial charge is 0.0896 e. The highest BCUT2D eigenvalue weighted by Gasteiger charge is 2.29. The van der Waals surface area contributed by atoms with Gasteiger partial charge in [0.2, 0.25) is 0 Å². The molecule has 2 heterocycles. The number of hydrogen-bond donors (Lipinski definition) is 1. The van der Waals surface area contributed by atoms with Crippen LogP contribution in [0.2, 0.25) is 5.02 Å². The molecule has 1 fully saturated rings. The Balaban J connectivity index is 1.74. The van der Waals surface area contributed by atoms with Crippen molar-refractivity contribution < 1.29 is 4.74 Å². The molecule has 1 aromatic heterocycles. The molecule has 0 radical (unpaired) electrons. The minimum absolute atomic E-state index is 0.116. The summed E-state index contributed by atoms with van der Waals surface area (Å²) in [4.78, 5) is 2.32. The minimum Gasteiger partial charge on any atom is -0.374 e. The van der Waals surface area contributed by atoms with Gasteiger partial charge in [-0.3, -0.25) is 4.68 Å². The Kier molecular flexibility index (Phi) is 5.89. The van der Waals surface area contributed by atoms with Gasteiger partial charge in [-0.2, -0.15) is 5.10 Å². The van der Waals surface area contributed by atoms with Crippen LogP contribution in [0.25, 0.3) is 0 Å². The van der Waals surface area contributed by atoms with Crippen molar-refractivity contribution in [1.29, 1.82) is 0 Å². The molecule has 1 aliphatic heterocycles. The van der Waals surface area contributed by atoms with Gasteiger partial charge in [0.1, 0.15) is 0 Å². The highest BCUT2D eigenvalue weighted by molar-refractivity contribution is 6.30. The largest absolute Gasteiger partial charge is 0.374 e. The standard InChI is InChI=1S/C18H25ClN4O/c1-14(12-23-9-3-8-20-23)21-18(15-4-6-16(19)7-5-15)17-13-22(2)10-11-24-17/h3-9,14,17-18,21H,10-13H2,1-2H3/t14-,17+,18-/m1/s1. The first kappa shape index (κ1) is 17.4. The topological polar surface area (TPSA) is 42.3 Å². The van der Waals surface area contributed by atoms with Crippen molar-refractivity contribution in [3.8, 4) is 0 Å². The average Bonchev–Trinajstić information content (AvgIpc) is 3.06. The van der Waals surface area contributed by atoms with Crippen LogP contribution in [0.3, 0.4) is 0 Å². The number of morpholine rings is 1. The maximum Gasteiger partial charge on any atom is 0.0896 e. The lowest BCUT2D eigenvalue weighted by molar-refractivity contribution is -0.0412. The van der Waals surface area contributed by atoms with Gasteiger partial charge in [0.25, 0.3) is 0 Å². The first-order chi connectivity index (χ1) is 11.6. The van der Waals surface area contributed by atoms with Crippen LogP contribution in [0.4, 0.5) is 0 Å². The van der Waals surface area contributed by atoms with Gasteiger partial charge in [0.15, 0.2) is 0 Å². The summed E-state index contributed by atoms with van der Waals surface area (Å²) in [6, 6.07) is 10.4. The van der Waals surface area contributed by atoms with Crippen molar-refractivity contribution in [3.05, 3.63) is 53.3 Å². The predicted molar refractivity (Wildman–Crippen MR) is 96.3 cm³/mol. The molecule has 6 heteroatoms. The molecule has 0 amide bonds. The van der Waals surface area contributed by atoms with Gasteiger partial charge in [-0.15, -0.1) is 0 Å². The Morgan fingerprint density at radius 1 is 1.38 bits per heavy atom. The third-order valence-electron chi connectivity index (χ3n) is 4.38. The summed E-state index contributed by atoms with van der Waals surface area (Å²) >= 11 is 6.05. The van der Waals surface area contributed by atoms with Gasteiger partial charge in [0.05, 0.1) is 25.3 Å². The van der Waals surface area contributed by atoms with E-state index in [2.05, 4.69) is 41.4 Å². The van der Waals surface area contributed by atoms with E-state index in [0.29, 0.717) is 0 Å². The van der Waals surface area contributed by atoms with Gasteiger partial charge in [-0.25, -0.2) is 0 Å². The number of benzene rings is 1. The number of aromatic nitrogens is 2. The molecule has 3 rings (SSSR count). The summed E-state index contributed by atoms with van der Waals surface area (Å²) in [6.45, 7) is 5.65. The van der Waals surface area contributed by atoms with Crippen molar-refractivity contribution in [3.63, 3.8) is 0 Å². The van der Waals surface area contributed by atoms with Gasteiger partial charge >= 0.3 is 0 Å². The molecule has 1 aromatic carbocycles. The lowest BCUT2D eigenvalue weighted by Gasteiger charge is -2.37. The number of ether oxygens (including phenoxy) is 1. The van der Waals surface area contributed by atoms with E-state index in [-0.39, 0.29) is 18.2 Å². The Morgan fingerprint density at radius 2 is 2.17 bits per heavy atom. The molecule has 1 saturated heterocycles. The van der Waals surface area contributed by atoms with E-state index in [9.17, 15) is 0 Å². The molecule has 5 nitrogen and oxygen atoms in total. The zero-order valence-electron chi connectivity index (χ0n) is 14.2. The second-order valence-corrected chi connectivity index (χ2v) is 6.93. The Bertz CT molecular complexity index is 616. The summed E-state index contributed by atoms with van der Waals surface area (Å²) in [7, 11) is 2.14. The number of hydrogen-bond acceptors (Lipinski definition) is 4. The first-order valence-electron chi connectivity index (χ1n) is 8.41. The van der Waals surface area contributed by atoms with Crippen LogP contribution in [0, 0.1) is 0 Å². The molecule has 2 aromatic rings. The van der Waals surface area contributed by atoms with Crippen LogP contribution >= 0.6 is 11.6 Å². The van der Waals surface area contributed by atoms with Crippen molar-refractivity contribution in [2.45, 2.75) is 31.7 Å². The fraction of sp³-hybridized carbons (Fsp3) is 0.500. The van der Waals surface area contributed by atoms with Gasteiger partial charge in [-0.05, 0) is 37.7 Å². The van der Waals surface area contributed by atoms with E-state index in [1.165, 1.54) is 5.56 Å². The molecule has 0 saturated carbocycles. The number of rotatable bonds is 6. The Morgan fingerprint density at radius 3 is 2.83 bits per heavy atom. The number of halogens is 1. The summed E-state index contributed by atoms with van der Waals surface area (Å²) in [5.41, 5.74) is 1.20. The van der Waals surface area contributed by atoms with Gasteiger partial charge in [-0.1, -0.05) is 23.7 Å². The molecular formula is C18H25ClN4O. The summed E-state index contributed by atoms with van der Waals surface area (Å²) in [6.07, 6.45) is 3.91. The van der Waals surface area contributed by atoms with Crippen molar-refractivity contribution in [2.75, 3.05) is 26.7 Å². The maximum absolute atomic E-state index is 6.07. The lowest BCUT2D eigenvalue weighted by Crippen LogP contribution is -2.49. The van der Waals surface area contributed by atoms with Crippen LogP contribution in [-0.2, 0) is 11.3 Å². The molecule has 0 aliphatic carbocycles.